The fourth-order valence-corrected chi connectivity index (χ4v) is 28.5. The van der Waals surface area contributed by atoms with E-state index >= 15 is 0 Å². The summed E-state index contributed by atoms with van der Waals surface area (Å²) in [5.41, 5.74) is 21.2. The van der Waals surface area contributed by atoms with Crippen LogP contribution in [0.25, 0.3) is 55.6 Å². The molecule has 0 heterocycles. The third-order valence-electron chi connectivity index (χ3n) is 13.7. The molecule has 0 amide bonds. The number of benzene rings is 8. The molecule has 2 aliphatic rings. The maximum absolute atomic E-state index is 4.35. The molecule has 0 saturated heterocycles. The van der Waals surface area contributed by atoms with Crippen LogP contribution in [0, 0.1) is 0 Å². The van der Waals surface area contributed by atoms with Crippen LogP contribution < -0.4 is 24.8 Å². The van der Waals surface area contributed by atoms with E-state index in [1.54, 1.807) is 3.33 Å². The fraction of sp³-hybridized carbons (Fsp3) is 0.156. The third-order valence-corrected chi connectivity index (χ3v) is 30.6. The van der Waals surface area contributed by atoms with Gasteiger partial charge in [0, 0.05) is 0 Å². The average molecular weight is 1080 g/mol. The number of hydrogen-bond acceptors (Lipinski definition) is 0. The van der Waals surface area contributed by atoms with Crippen LogP contribution in [0.3, 0.4) is 0 Å². The molecule has 67 heavy (non-hydrogen) atoms. The zero-order chi connectivity index (χ0) is 44.8. The van der Waals surface area contributed by atoms with Gasteiger partial charge in [-0.3, -0.25) is 0 Å². The van der Waals surface area contributed by atoms with Crippen LogP contribution in [0.2, 0.25) is 0 Å². The molecule has 3 heteroatoms. The summed E-state index contributed by atoms with van der Waals surface area (Å²) in [6, 6.07) is 73.2. The predicted octanol–water partition coefficient (Wildman–Crippen LogP) is 10.7. The van der Waals surface area contributed by atoms with Crippen molar-refractivity contribution in [1.29, 1.82) is 0 Å². The van der Waals surface area contributed by atoms with Gasteiger partial charge in [0.15, 0.2) is 0 Å². The predicted molar refractivity (Wildman–Crippen MR) is 278 cm³/mol. The van der Waals surface area contributed by atoms with Crippen molar-refractivity contribution in [3.63, 3.8) is 0 Å². The summed E-state index contributed by atoms with van der Waals surface area (Å²) >= 11 is -4.35. The molecule has 8 aromatic rings. The first-order chi connectivity index (χ1) is 31.5. The Bertz CT molecular complexity index is 3010. The largest absolute Gasteiger partial charge is 1.00 e. The van der Waals surface area contributed by atoms with Gasteiger partial charge in [0.1, 0.15) is 0 Å². The Balaban J connectivity index is 0.00000304. The van der Waals surface area contributed by atoms with Gasteiger partial charge < -0.3 is 24.8 Å². The summed E-state index contributed by atoms with van der Waals surface area (Å²) in [5, 5.41) is 0. The molecule has 2 aliphatic carbocycles. The Morgan fingerprint density at radius 2 is 0.746 bits per heavy atom. The van der Waals surface area contributed by atoms with Crippen LogP contribution in [-0.2, 0) is 29.8 Å². The van der Waals surface area contributed by atoms with Gasteiger partial charge in [-0.15, -0.1) is 0 Å². The summed E-state index contributed by atoms with van der Waals surface area (Å²) in [4.78, 5) is 0. The van der Waals surface area contributed by atoms with Crippen LogP contribution in [0.15, 0.2) is 216 Å². The van der Waals surface area contributed by atoms with E-state index in [4.69, 9.17) is 0 Å². The van der Waals surface area contributed by atoms with E-state index in [1.807, 2.05) is 0 Å². The summed E-state index contributed by atoms with van der Waals surface area (Å²) < 4.78 is 7.45. The van der Waals surface area contributed by atoms with E-state index < -0.39 is 19.0 Å². The van der Waals surface area contributed by atoms with Crippen LogP contribution in [0.1, 0.15) is 85.0 Å². The molecule has 0 N–H and O–H groups in total. The molecule has 0 fully saturated rings. The van der Waals surface area contributed by atoms with Crippen molar-refractivity contribution >= 4 is 7.52 Å². The van der Waals surface area contributed by atoms with Gasteiger partial charge in [-0.05, 0) is 0 Å². The maximum Gasteiger partial charge on any atom is -1.00 e. The molecule has 10 rings (SSSR count). The average Bonchev–Trinajstić information content (AvgIpc) is 3.99. The molecule has 0 aromatic heterocycles. The monoisotopic (exact) mass is 1080 g/mol. The van der Waals surface area contributed by atoms with Crippen LogP contribution in [-0.4, -0.2) is 7.52 Å². The summed E-state index contributed by atoms with van der Waals surface area (Å²) in [5.74, 6) is 0. The van der Waals surface area contributed by atoms with Gasteiger partial charge in [0.05, 0.1) is 0 Å². The molecule has 0 radical (unpaired) electrons. The Kier molecular flexibility index (Phi) is 14.0. The van der Waals surface area contributed by atoms with Gasteiger partial charge >= 0.3 is 394 Å². The summed E-state index contributed by atoms with van der Waals surface area (Å²) in [7, 11) is 0. The normalized spacial score (nSPS) is 12.7. The number of halogens is 2. The zero-order valence-corrected chi connectivity index (χ0v) is 44.5. The molecule has 0 unspecified atom stereocenters. The number of rotatable bonds is 8. The minimum Gasteiger partial charge on any atom is -1.00 e. The van der Waals surface area contributed by atoms with Crippen LogP contribution >= 0.6 is 0 Å². The SMILES string of the molecule is CC(C)(C)c1cc2c(cc1-c1ccccc1)[CH]([Hf+2](=[CH]c1ccc(-c3ccccc3)cc1)(=[CH]c1ccc(-c3ccccc3)cc1)[C]1=CC=CC1)c1cc(-c3ccccc3)c(C(C)(C)C)cc1-2.[Cl-].[Cl-]. The van der Waals surface area contributed by atoms with Gasteiger partial charge in [-0.2, -0.15) is 0 Å². The van der Waals surface area contributed by atoms with Gasteiger partial charge in [0.25, 0.3) is 0 Å². The smallest absolute Gasteiger partial charge is 1.00 e. The number of hydrogen-bond donors (Lipinski definition) is 0. The fourth-order valence-electron chi connectivity index (χ4n) is 10.5. The standard InChI is InChI=1S/C33H33.2C13H10.C5H5.2ClH.Hf/c1-32(2,3)30-20-26-24(18-28(30)22-13-9-7-10-14-22)17-25-19-29(23-15-11-8-12-16-23)31(21-27(25)26)33(4,5)6;2*1-11-7-9-13(10-8-11)12-5-3-2-4-6-12;1-2-4-5-3-1;;;/h7-21H,1-6H3;2*1-10H;1-3H,4H2;2*1H;/q;;;;;;+2/p-2. The van der Waals surface area contributed by atoms with Crippen molar-refractivity contribution in [2.24, 2.45) is 0 Å². The summed E-state index contributed by atoms with van der Waals surface area (Å²) in [6.45, 7) is 14.3. The van der Waals surface area contributed by atoms with E-state index in [0.717, 1.165) is 6.42 Å². The Hall–Kier alpha value is -5.57. The topological polar surface area (TPSA) is 0 Å². The van der Waals surface area contributed by atoms with Crippen molar-refractivity contribution in [3.8, 4) is 55.6 Å². The molecular formula is C64H58Cl2Hf. The van der Waals surface area contributed by atoms with Crippen LogP contribution in [0.4, 0.5) is 0 Å². The molecule has 0 aliphatic heterocycles. The van der Waals surface area contributed by atoms with Gasteiger partial charge in [-0.25, -0.2) is 0 Å². The molecule has 0 nitrogen and oxygen atoms in total. The van der Waals surface area contributed by atoms with Crippen LogP contribution in [0.5, 0.6) is 0 Å². The second kappa shape index (κ2) is 19.6. The second-order valence-corrected chi connectivity index (χ2v) is 33.3. The molecule has 0 atom stereocenters. The van der Waals surface area contributed by atoms with Crippen molar-refractivity contribution in [2.75, 3.05) is 0 Å². The summed E-state index contributed by atoms with van der Waals surface area (Å²) in [6.07, 6.45) is 8.20. The first kappa shape index (κ1) is 47.9. The Labute approximate surface area is 415 Å². The van der Waals surface area contributed by atoms with Crippen molar-refractivity contribution < 1.29 is 43.8 Å². The molecule has 0 spiro atoms. The van der Waals surface area contributed by atoms with Crippen molar-refractivity contribution in [1.82, 2.24) is 0 Å². The maximum atomic E-state index is 2.83. The zero-order valence-electron chi connectivity index (χ0n) is 39.4. The number of allylic oxidation sites excluding steroid dienone is 4. The van der Waals surface area contributed by atoms with Crippen molar-refractivity contribution in [2.45, 2.75) is 62.5 Å². The van der Waals surface area contributed by atoms with Gasteiger partial charge in [-0.1, -0.05) is 0 Å². The quantitative estimate of drug-likeness (QED) is 0.133. The van der Waals surface area contributed by atoms with E-state index in [1.165, 1.54) is 89.0 Å². The third kappa shape index (κ3) is 9.49. The molecule has 0 saturated carbocycles. The van der Waals surface area contributed by atoms with Crippen molar-refractivity contribution in [3.05, 3.63) is 249 Å². The molecular weight excluding hydrogens is 1020 g/mol. The van der Waals surface area contributed by atoms with E-state index in [-0.39, 0.29) is 39.3 Å². The second-order valence-electron chi connectivity index (χ2n) is 20.2. The first-order valence-corrected chi connectivity index (χ1v) is 31.4. The number of fused-ring (bicyclic) bond motifs is 3. The minimum atomic E-state index is -4.35. The minimum absolute atomic E-state index is 0. The molecule has 332 valence electrons. The van der Waals surface area contributed by atoms with E-state index in [9.17, 15) is 0 Å². The first-order valence-electron chi connectivity index (χ1n) is 23.3. The Morgan fingerprint density at radius 1 is 0.403 bits per heavy atom. The van der Waals surface area contributed by atoms with E-state index in [0.29, 0.717) is 0 Å². The van der Waals surface area contributed by atoms with E-state index in [2.05, 4.69) is 261 Å². The molecule has 0 bridgehead atoms. The molecule has 8 aromatic carbocycles. The van der Waals surface area contributed by atoms with Gasteiger partial charge in [0.2, 0.25) is 0 Å². The Morgan fingerprint density at radius 3 is 1.07 bits per heavy atom.